The number of unbranched alkanes of at least 4 members (excludes halogenated alkanes) is 2. The van der Waals surface area contributed by atoms with Crippen LogP contribution in [-0.4, -0.2) is 184 Å². The number of carboxylic acids is 2. The third-order valence-corrected chi connectivity index (χ3v) is 11.8. The fraction of sp³-hybridized carbons (Fsp3) is 0.750. The number of ether oxygens (including phenoxy) is 4. The highest BCUT2D eigenvalue weighted by Gasteiger charge is 2.46. The van der Waals surface area contributed by atoms with Crippen LogP contribution in [0.15, 0.2) is 6.20 Å². The van der Waals surface area contributed by atoms with Gasteiger partial charge in [0.2, 0.25) is 23.6 Å². The molecule has 1 aliphatic heterocycles. The van der Waals surface area contributed by atoms with Gasteiger partial charge < -0.3 is 61.1 Å². The van der Waals surface area contributed by atoms with Crippen LogP contribution >= 0.6 is 0 Å². The van der Waals surface area contributed by atoms with Gasteiger partial charge in [-0.1, -0.05) is 31.9 Å². The minimum absolute atomic E-state index is 0.0789. The van der Waals surface area contributed by atoms with E-state index in [1.54, 1.807) is 20.0 Å². The lowest BCUT2D eigenvalue weighted by Crippen LogP contribution is -2.64. The number of amides is 4. The fourth-order valence-electron chi connectivity index (χ4n) is 7.24. The van der Waals surface area contributed by atoms with Crippen molar-refractivity contribution in [2.24, 2.45) is 23.5 Å². The molecular formula is C44H71N7O21S. The topological polar surface area (TPSA) is 428 Å². The van der Waals surface area contributed by atoms with Gasteiger partial charge in [0.25, 0.3) is 0 Å². The molecule has 1 aromatic rings. The molecule has 0 aromatic carbocycles. The van der Waals surface area contributed by atoms with E-state index in [1.807, 2.05) is 0 Å². The van der Waals surface area contributed by atoms with Crippen LogP contribution in [0.3, 0.4) is 0 Å². The van der Waals surface area contributed by atoms with Gasteiger partial charge in [-0.2, -0.15) is 8.42 Å². The second-order valence-electron chi connectivity index (χ2n) is 17.7. The van der Waals surface area contributed by atoms with Crippen LogP contribution in [-0.2, 0) is 89.6 Å². The van der Waals surface area contributed by atoms with Crippen molar-refractivity contribution in [3.8, 4) is 0 Å². The number of hydrogen-bond donors (Lipinski definition) is 9. The number of ketones is 3. The maximum atomic E-state index is 13.3. The zero-order valence-electron chi connectivity index (χ0n) is 41.2. The Balaban J connectivity index is 1.64. The lowest BCUT2D eigenvalue weighted by Gasteiger charge is -2.42. The molecule has 0 radical (unpaired) electrons. The standard InChI is InChI=1S/C44H71N7O21S/c1-26(2)33(54)22-29(9-13-37(57)58)43(64)48-32(11-14-38(59)60)34(55)21-28(42(45)63)7-5-4-6-8-31(53)24-69-20-19-68-17-15-46-36(56)12-10-30-23-51(50-49-30)16-18-70-44-39(47-27(3)52)41(62)40(61)35(72-44)25-71-73(65,66)67/h23,26,28-29,32,35,39-41,44,61-62H,4-22,24-25H2,1-3H3,(H2,45,63)(H,46,56)(H,47,52)(H,48,64)(H,57,58)(H,59,60)(H,65,66,67)/t28-,29-,32+,35?,39?,40-,41-,44-/m1/s1. The summed E-state index contributed by atoms with van der Waals surface area (Å²) in [7, 11) is -4.88. The van der Waals surface area contributed by atoms with Crippen molar-refractivity contribution in [1.82, 2.24) is 30.9 Å². The number of aromatic nitrogens is 3. The molecular weight excluding hydrogens is 995 g/mol. The van der Waals surface area contributed by atoms with Gasteiger partial charge in [0.15, 0.2) is 17.9 Å². The fourth-order valence-corrected chi connectivity index (χ4v) is 7.55. The quantitative estimate of drug-likeness (QED) is 0.0258. The van der Waals surface area contributed by atoms with E-state index in [1.165, 1.54) is 4.68 Å². The zero-order valence-corrected chi connectivity index (χ0v) is 42.0. The maximum Gasteiger partial charge on any atom is 0.397 e. The van der Waals surface area contributed by atoms with Crippen LogP contribution in [0.1, 0.15) is 104 Å². The molecule has 1 aromatic heterocycles. The van der Waals surface area contributed by atoms with Crippen molar-refractivity contribution in [2.45, 2.75) is 147 Å². The summed E-state index contributed by atoms with van der Waals surface area (Å²) in [6.07, 6.45) is -4.55. The van der Waals surface area contributed by atoms with E-state index >= 15 is 0 Å². The Morgan fingerprint density at radius 2 is 1.51 bits per heavy atom. The molecule has 73 heavy (non-hydrogen) atoms. The summed E-state index contributed by atoms with van der Waals surface area (Å²) in [6.45, 7) is 4.02. The Labute approximate surface area is 422 Å². The second kappa shape index (κ2) is 33.4. The third kappa shape index (κ3) is 26.9. The Morgan fingerprint density at radius 1 is 0.836 bits per heavy atom. The zero-order chi connectivity index (χ0) is 54.7. The van der Waals surface area contributed by atoms with Crippen LogP contribution in [0, 0.1) is 17.8 Å². The SMILES string of the molecule is CC(=O)NC1[C@H](OCCn2cc(CCC(=O)NCCOCCOCC(=O)CCCCC[C@H](CC(=O)[C@H](CCC(=O)O)NC(=O)[C@H](CCC(=O)O)CC(=O)C(C)C)C(N)=O)nn2)OC(COS(=O)(=O)O)[C@@H](O)[C@@H]1O. The predicted octanol–water partition coefficient (Wildman–Crippen LogP) is -1.83. The number of aliphatic hydroxyl groups excluding tert-OH is 2. The molecule has 0 spiro atoms. The van der Waals surface area contributed by atoms with Gasteiger partial charge in [0.1, 0.15) is 36.7 Å². The molecule has 8 atom stereocenters. The van der Waals surface area contributed by atoms with E-state index in [0.717, 1.165) is 6.92 Å². The average molecular weight is 1070 g/mol. The number of aliphatic hydroxyl groups is 2. The largest absolute Gasteiger partial charge is 0.481 e. The highest BCUT2D eigenvalue weighted by Crippen LogP contribution is 2.24. The number of primary amides is 1. The van der Waals surface area contributed by atoms with E-state index in [4.69, 9.17) is 34.3 Å². The van der Waals surface area contributed by atoms with E-state index in [9.17, 15) is 66.9 Å². The molecule has 1 saturated heterocycles. The van der Waals surface area contributed by atoms with Gasteiger partial charge in [0, 0.05) is 82.4 Å². The van der Waals surface area contributed by atoms with Gasteiger partial charge in [-0.3, -0.25) is 47.7 Å². The lowest BCUT2D eigenvalue weighted by molar-refractivity contribution is -0.269. The van der Waals surface area contributed by atoms with Crippen molar-refractivity contribution in [2.75, 3.05) is 46.2 Å². The first-order chi connectivity index (χ1) is 34.4. The van der Waals surface area contributed by atoms with Crippen LogP contribution in [0.5, 0.6) is 0 Å². The predicted molar refractivity (Wildman–Crippen MR) is 249 cm³/mol. The average Bonchev–Trinajstić information content (AvgIpc) is 3.77. The number of aryl methyl sites for hydroxylation is 1. The van der Waals surface area contributed by atoms with Crippen LogP contribution in [0.2, 0.25) is 0 Å². The van der Waals surface area contributed by atoms with Crippen molar-refractivity contribution in [3.63, 3.8) is 0 Å². The maximum absolute atomic E-state index is 13.3. The highest BCUT2D eigenvalue weighted by molar-refractivity contribution is 7.80. The summed E-state index contributed by atoms with van der Waals surface area (Å²) in [5.41, 5.74) is 6.06. The molecule has 2 unspecified atom stereocenters. The number of nitrogens with two attached hydrogens (primary N) is 1. The molecule has 2 heterocycles. The van der Waals surface area contributed by atoms with Crippen molar-refractivity contribution in [1.29, 1.82) is 0 Å². The van der Waals surface area contributed by atoms with E-state index < -0.39 is 126 Å². The smallest absolute Gasteiger partial charge is 0.397 e. The molecule has 2 rings (SSSR count). The van der Waals surface area contributed by atoms with E-state index in [0.29, 0.717) is 25.0 Å². The van der Waals surface area contributed by atoms with Crippen molar-refractivity contribution < 1.29 is 99.7 Å². The number of hydrogen-bond acceptors (Lipinski definition) is 20. The summed E-state index contributed by atoms with van der Waals surface area (Å²) < 4.78 is 58.5. The van der Waals surface area contributed by atoms with Gasteiger partial charge in [0.05, 0.1) is 51.3 Å². The summed E-state index contributed by atoms with van der Waals surface area (Å²) in [6, 6.07) is -2.56. The molecule has 0 aliphatic carbocycles. The van der Waals surface area contributed by atoms with E-state index in [-0.39, 0.29) is 109 Å². The molecule has 0 bridgehead atoms. The minimum Gasteiger partial charge on any atom is -0.481 e. The molecule has 4 amide bonds. The Hall–Kier alpha value is -5.40. The Bertz CT molecular complexity index is 2090. The summed E-state index contributed by atoms with van der Waals surface area (Å²) in [5, 5.41) is 54.8. The number of rotatable bonds is 40. The second-order valence-corrected chi connectivity index (χ2v) is 18.8. The lowest BCUT2D eigenvalue weighted by atomic mass is 9.89. The summed E-state index contributed by atoms with van der Waals surface area (Å²) in [5.74, 6) is -8.36. The van der Waals surface area contributed by atoms with Gasteiger partial charge >= 0.3 is 22.3 Å². The van der Waals surface area contributed by atoms with Gasteiger partial charge in [-0.05, 0) is 25.7 Å². The Morgan fingerprint density at radius 3 is 2.15 bits per heavy atom. The molecule has 1 aliphatic rings. The van der Waals surface area contributed by atoms with Crippen molar-refractivity contribution >= 4 is 63.3 Å². The number of carbonyl (C=O) groups excluding carboxylic acids is 7. The van der Waals surface area contributed by atoms with Crippen LogP contribution in [0.4, 0.5) is 0 Å². The Kier molecular flexibility index (Phi) is 29.2. The molecule has 0 saturated carbocycles. The number of Topliss-reactive ketones (excluding diaryl/α,β-unsaturated/α-hetero) is 3. The number of nitrogens with one attached hydrogen (secondary N) is 3. The highest BCUT2D eigenvalue weighted by atomic mass is 32.3. The molecule has 29 heteroatoms. The van der Waals surface area contributed by atoms with Gasteiger partial charge in [-0.15, -0.1) is 5.10 Å². The van der Waals surface area contributed by atoms with Crippen LogP contribution < -0.4 is 21.7 Å². The molecule has 28 nitrogen and oxygen atoms in total. The normalized spacial score (nSPS) is 19.1. The molecule has 414 valence electrons. The first-order valence-electron chi connectivity index (χ1n) is 23.8. The summed E-state index contributed by atoms with van der Waals surface area (Å²) in [4.78, 5) is 110. The number of carbonyl (C=O) groups is 9. The summed E-state index contributed by atoms with van der Waals surface area (Å²) >= 11 is 0. The number of nitrogens with zero attached hydrogens (tertiary/aromatic N) is 3. The number of aliphatic carboxylic acids is 2. The molecule has 10 N–H and O–H groups in total. The first-order valence-corrected chi connectivity index (χ1v) is 25.2. The van der Waals surface area contributed by atoms with Crippen molar-refractivity contribution in [3.05, 3.63) is 11.9 Å². The third-order valence-electron chi connectivity index (χ3n) is 11.3. The van der Waals surface area contributed by atoms with Gasteiger partial charge in [-0.25, -0.2) is 8.86 Å². The van der Waals surface area contributed by atoms with Crippen LogP contribution in [0.25, 0.3) is 0 Å². The number of carboxylic acid groups (broad SMARTS) is 2. The molecule has 1 fully saturated rings. The van der Waals surface area contributed by atoms with E-state index in [2.05, 4.69) is 30.4 Å². The first kappa shape index (κ1) is 63.7. The monoisotopic (exact) mass is 1070 g/mol. The minimum atomic E-state index is -4.88.